The van der Waals surface area contributed by atoms with Gasteiger partial charge in [-0.05, 0) is 61.7 Å². The first-order valence-electron chi connectivity index (χ1n) is 7.93. The first-order chi connectivity index (χ1) is 11.1. The summed E-state index contributed by atoms with van der Waals surface area (Å²) in [7, 11) is 0. The van der Waals surface area contributed by atoms with Crippen LogP contribution < -0.4 is 15.4 Å². The van der Waals surface area contributed by atoms with Crippen LogP contribution in [0.5, 0.6) is 5.75 Å². The number of hydrogen-bond donors (Lipinski definition) is 2. The number of nitrogens with one attached hydrogen (secondary N) is 2. The largest absolute Gasteiger partial charge is 0.494 e. The minimum absolute atomic E-state index is 0.0648. The summed E-state index contributed by atoms with van der Waals surface area (Å²) in [6.07, 6.45) is 0.985. The van der Waals surface area contributed by atoms with Gasteiger partial charge in [-0.1, -0.05) is 19.1 Å². The lowest BCUT2D eigenvalue weighted by molar-refractivity contribution is -0.114. The number of rotatable bonds is 7. The van der Waals surface area contributed by atoms with Crippen molar-refractivity contribution in [3.63, 3.8) is 0 Å². The third kappa shape index (κ3) is 5.02. The first-order valence-corrected chi connectivity index (χ1v) is 7.93. The predicted molar refractivity (Wildman–Crippen MR) is 95.3 cm³/mol. The van der Waals surface area contributed by atoms with E-state index < -0.39 is 0 Å². The van der Waals surface area contributed by atoms with Crippen LogP contribution in [0.3, 0.4) is 0 Å². The maximum atomic E-state index is 12.1. The number of ether oxygens (including phenoxy) is 1. The van der Waals surface area contributed by atoms with Crippen molar-refractivity contribution in [1.29, 1.82) is 0 Å². The fourth-order valence-corrected chi connectivity index (χ4v) is 2.15. The molecule has 122 valence electrons. The number of benzene rings is 2. The molecule has 2 rings (SSSR count). The number of hydrogen-bond acceptors (Lipinski definition) is 3. The molecule has 0 bridgehead atoms. The van der Waals surface area contributed by atoms with Crippen LogP contribution in [0.15, 0.2) is 42.5 Å². The molecule has 0 radical (unpaired) electrons. The highest BCUT2D eigenvalue weighted by Gasteiger charge is 2.06. The van der Waals surface area contributed by atoms with E-state index in [-0.39, 0.29) is 12.5 Å². The van der Waals surface area contributed by atoms with Gasteiger partial charge in [-0.2, -0.15) is 0 Å². The molecule has 0 heterocycles. The van der Waals surface area contributed by atoms with E-state index in [0.29, 0.717) is 6.61 Å². The van der Waals surface area contributed by atoms with Crippen molar-refractivity contribution in [2.45, 2.75) is 27.2 Å². The molecule has 0 atom stereocenters. The summed E-state index contributed by atoms with van der Waals surface area (Å²) < 4.78 is 5.53. The van der Waals surface area contributed by atoms with Crippen LogP contribution in [-0.4, -0.2) is 19.1 Å². The summed E-state index contributed by atoms with van der Waals surface area (Å²) in [4.78, 5) is 12.1. The number of carbonyl (C=O) groups is 1. The van der Waals surface area contributed by atoms with Crippen LogP contribution in [0.2, 0.25) is 0 Å². The van der Waals surface area contributed by atoms with Crippen molar-refractivity contribution in [3.05, 3.63) is 53.6 Å². The predicted octanol–water partition coefficient (Wildman–Crippen LogP) is 4.14. The van der Waals surface area contributed by atoms with Crippen LogP contribution in [0.1, 0.15) is 24.5 Å². The van der Waals surface area contributed by atoms with Crippen LogP contribution in [0.25, 0.3) is 0 Å². The molecular weight excluding hydrogens is 288 g/mol. The summed E-state index contributed by atoms with van der Waals surface area (Å²) in [6.45, 7) is 7.05. The van der Waals surface area contributed by atoms with E-state index in [9.17, 15) is 4.79 Å². The normalized spacial score (nSPS) is 10.2. The maximum Gasteiger partial charge on any atom is 0.243 e. The van der Waals surface area contributed by atoms with E-state index in [0.717, 1.165) is 29.1 Å². The van der Waals surface area contributed by atoms with Crippen molar-refractivity contribution in [2.75, 3.05) is 23.8 Å². The van der Waals surface area contributed by atoms with Crippen LogP contribution in [0.4, 0.5) is 11.4 Å². The molecule has 23 heavy (non-hydrogen) atoms. The quantitative estimate of drug-likeness (QED) is 0.808. The smallest absolute Gasteiger partial charge is 0.243 e. The summed E-state index contributed by atoms with van der Waals surface area (Å²) in [5.74, 6) is 0.780. The fourth-order valence-electron chi connectivity index (χ4n) is 2.15. The lowest BCUT2D eigenvalue weighted by Crippen LogP contribution is -2.22. The molecule has 2 aromatic rings. The SMILES string of the molecule is CCCOc1ccc(NCC(=O)Nc2cccc(C)c2C)cc1. The molecular formula is C19H24N2O2. The molecule has 1 amide bonds. The second-order valence-corrected chi connectivity index (χ2v) is 5.52. The number of aryl methyl sites for hydroxylation is 1. The van der Waals surface area contributed by atoms with Crippen LogP contribution in [-0.2, 0) is 4.79 Å². The summed E-state index contributed by atoms with van der Waals surface area (Å²) in [6, 6.07) is 13.5. The van der Waals surface area contributed by atoms with Gasteiger partial charge in [0.05, 0.1) is 13.2 Å². The molecule has 0 unspecified atom stereocenters. The highest BCUT2D eigenvalue weighted by molar-refractivity contribution is 5.94. The van der Waals surface area contributed by atoms with Gasteiger partial charge >= 0.3 is 0 Å². The second-order valence-electron chi connectivity index (χ2n) is 5.52. The molecule has 0 aliphatic carbocycles. The maximum absolute atomic E-state index is 12.1. The zero-order chi connectivity index (χ0) is 16.7. The lowest BCUT2D eigenvalue weighted by atomic mass is 10.1. The molecule has 0 aliphatic heterocycles. The zero-order valence-corrected chi connectivity index (χ0v) is 14.0. The van der Waals surface area contributed by atoms with Gasteiger partial charge in [0.15, 0.2) is 0 Å². The molecule has 2 aromatic carbocycles. The summed E-state index contributed by atoms with van der Waals surface area (Å²) in [5.41, 5.74) is 4.02. The molecule has 0 saturated heterocycles. The number of carbonyl (C=O) groups excluding carboxylic acids is 1. The minimum Gasteiger partial charge on any atom is -0.494 e. The third-order valence-electron chi connectivity index (χ3n) is 3.66. The Labute approximate surface area is 137 Å². The Balaban J connectivity index is 1.85. The summed E-state index contributed by atoms with van der Waals surface area (Å²) >= 11 is 0. The first kappa shape index (κ1) is 16.9. The van der Waals surface area contributed by atoms with Gasteiger partial charge in [-0.25, -0.2) is 0 Å². The highest BCUT2D eigenvalue weighted by Crippen LogP contribution is 2.18. The van der Waals surface area contributed by atoms with E-state index in [1.54, 1.807) is 0 Å². The number of amides is 1. The van der Waals surface area contributed by atoms with E-state index in [1.807, 2.05) is 56.3 Å². The Morgan fingerprint density at radius 2 is 1.83 bits per heavy atom. The van der Waals surface area contributed by atoms with Crippen molar-refractivity contribution >= 4 is 17.3 Å². The fraction of sp³-hybridized carbons (Fsp3) is 0.316. The van der Waals surface area contributed by atoms with Crippen molar-refractivity contribution < 1.29 is 9.53 Å². The highest BCUT2D eigenvalue weighted by atomic mass is 16.5. The van der Waals surface area contributed by atoms with Crippen LogP contribution in [0, 0.1) is 13.8 Å². The topological polar surface area (TPSA) is 50.4 Å². The second kappa shape index (κ2) is 8.22. The molecule has 4 nitrogen and oxygen atoms in total. The monoisotopic (exact) mass is 312 g/mol. The van der Waals surface area contributed by atoms with Gasteiger partial charge in [0.2, 0.25) is 5.91 Å². The van der Waals surface area contributed by atoms with Crippen LogP contribution >= 0.6 is 0 Å². The van der Waals surface area contributed by atoms with Gasteiger partial charge in [0.1, 0.15) is 5.75 Å². The Kier molecular flexibility index (Phi) is 6.03. The lowest BCUT2D eigenvalue weighted by Gasteiger charge is -2.12. The van der Waals surface area contributed by atoms with Gasteiger partial charge in [-0.15, -0.1) is 0 Å². The van der Waals surface area contributed by atoms with E-state index in [1.165, 1.54) is 5.56 Å². The Morgan fingerprint density at radius 3 is 2.52 bits per heavy atom. The van der Waals surface area contributed by atoms with Crippen molar-refractivity contribution in [1.82, 2.24) is 0 Å². The van der Waals surface area contributed by atoms with E-state index in [4.69, 9.17) is 4.74 Å². The standard InChI is InChI=1S/C19H24N2O2/c1-4-12-23-17-10-8-16(9-11-17)20-13-19(22)21-18-7-5-6-14(2)15(18)3/h5-11,20H,4,12-13H2,1-3H3,(H,21,22). The van der Waals surface area contributed by atoms with Gasteiger partial charge in [-0.3, -0.25) is 4.79 Å². The van der Waals surface area contributed by atoms with Gasteiger partial charge < -0.3 is 15.4 Å². The molecule has 0 aliphatic rings. The molecule has 0 aromatic heterocycles. The minimum atomic E-state index is -0.0648. The zero-order valence-electron chi connectivity index (χ0n) is 14.0. The Morgan fingerprint density at radius 1 is 1.09 bits per heavy atom. The van der Waals surface area contributed by atoms with E-state index in [2.05, 4.69) is 17.6 Å². The van der Waals surface area contributed by atoms with E-state index >= 15 is 0 Å². The number of anilines is 2. The molecule has 0 saturated carbocycles. The molecule has 4 heteroatoms. The third-order valence-corrected chi connectivity index (χ3v) is 3.66. The van der Waals surface area contributed by atoms with Crippen molar-refractivity contribution in [3.8, 4) is 5.75 Å². The van der Waals surface area contributed by atoms with Gasteiger partial charge in [0.25, 0.3) is 0 Å². The molecule has 0 spiro atoms. The molecule has 2 N–H and O–H groups in total. The summed E-state index contributed by atoms with van der Waals surface area (Å²) in [5, 5.41) is 6.05. The van der Waals surface area contributed by atoms with Crippen molar-refractivity contribution in [2.24, 2.45) is 0 Å². The average Bonchev–Trinajstić information content (AvgIpc) is 2.56. The molecule has 0 fully saturated rings. The Bertz CT molecular complexity index is 651. The van der Waals surface area contributed by atoms with Gasteiger partial charge in [0, 0.05) is 11.4 Å². The average molecular weight is 312 g/mol. The Hall–Kier alpha value is -2.49.